The summed E-state index contributed by atoms with van der Waals surface area (Å²) in [6, 6.07) is 7.78. The minimum atomic E-state index is -3.57. The van der Waals surface area contributed by atoms with Crippen LogP contribution in [0, 0.1) is 0 Å². The summed E-state index contributed by atoms with van der Waals surface area (Å²) >= 11 is 5.80. The molecule has 7 heteroatoms. The van der Waals surface area contributed by atoms with Gasteiger partial charge in [0.25, 0.3) is 0 Å². The number of halogens is 1. The first-order valence-corrected chi connectivity index (χ1v) is 7.86. The summed E-state index contributed by atoms with van der Waals surface area (Å²) in [5.41, 5.74) is 0.654. The predicted molar refractivity (Wildman–Crippen MR) is 78.4 cm³/mol. The van der Waals surface area contributed by atoms with Gasteiger partial charge in [-0.2, -0.15) is 0 Å². The van der Waals surface area contributed by atoms with E-state index in [4.69, 9.17) is 16.3 Å². The van der Waals surface area contributed by atoms with E-state index in [-0.39, 0.29) is 10.9 Å². The largest absolute Gasteiger partial charge is 0.383 e. The number of hydrogen-bond donors (Lipinski definition) is 1. The Morgan fingerprint density at radius 1 is 1.35 bits per heavy atom. The van der Waals surface area contributed by atoms with Crippen LogP contribution in [-0.2, 0) is 14.8 Å². The van der Waals surface area contributed by atoms with Gasteiger partial charge >= 0.3 is 0 Å². The molecule has 1 heterocycles. The van der Waals surface area contributed by atoms with Crippen molar-refractivity contribution < 1.29 is 13.2 Å². The number of sulfonamides is 1. The van der Waals surface area contributed by atoms with E-state index in [0.29, 0.717) is 17.3 Å². The molecule has 0 aliphatic carbocycles. The predicted octanol–water partition coefficient (Wildman–Crippen LogP) is 2.20. The molecule has 2 aromatic rings. The molecular formula is C13H15ClN2O3S. The zero-order valence-electron chi connectivity index (χ0n) is 11.1. The highest BCUT2D eigenvalue weighted by atomic mass is 35.5. The van der Waals surface area contributed by atoms with Gasteiger partial charge in [-0.25, -0.2) is 18.1 Å². The van der Waals surface area contributed by atoms with Crippen molar-refractivity contribution >= 4 is 32.5 Å². The number of pyridine rings is 1. The molecular weight excluding hydrogens is 300 g/mol. The molecule has 0 aliphatic heterocycles. The molecule has 5 nitrogen and oxygen atoms in total. The monoisotopic (exact) mass is 314 g/mol. The van der Waals surface area contributed by atoms with Gasteiger partial charge in [-0.3, -0.25) is 0 Å². The molecule has 1 aromatic heterocycles. The van der Waals surface area contributed by atoms with Crippen LogP contribution in [0.4, 0.5) is 0 Å². The summed E-state index contributed by atoms with van der Waals surface area (Å²) in [5, 5.41) is 1.09. The molecule has 1 atom stereocenters. The summed E-state index contributed by atoms with van der Waals surface area (Å²) in [6.07, 6.45) is 0. The van der Waals surface area contributed by atoms with Crippen LogP contribution in [0.2, 0.25) is 5.15 Å². The summed E-state index contributed by atoms with van der Waals surface area (Å²) in [4.78, 5) is 4.31. The Morgan fingerprint density at radius 2 is 2.10 bits per heavy atom. The lowest BCUT2D eigenvalue weighted by Crippen LogP contribution is -2.35. The molecule has 0 bridgehead atoms. The van der Waals surface area contributed by atoms with Crippen molar-refractivity contribution in [3.63, 3.8) is 0 Å². The Bertz CT molecular complexity index is 719. The van der Waals surface area contributed by atoms with Gasteiger partial charge in [-0.1, -0.05) is 11.6 Å². The van der Waals surface area contributed by atoms with E-state index in [9.17, 15) is 8.42 Å². The third-order valence-corrected chi connectivity index (χ3v) is 4.51. The van der Waals surface area contributed by atoms with Crippen LogP contribution in [0.15, 0.2) is 35.2 Å². The highest BCUT2D eigenvalue weighted by molar-refractivity contribution is 7.89. The fourth-order valence-corrected chi connectivity index (χ4v) is 3.28. The average molecular weight is 315 g/mol. The number of hydrogen-bond acceptors (Lipinski definition) is 4. The molecule has 0 amide bonds. The Hall–Kier alpha value is -1.21. The Labute approximate surface area is 123 Å². The maximum Gasteiger partial charge on any atom is 0.240 e. The third-order valence-electron chi connectivity index (χ3n) is 2.71. The molecule has 0 saturated carbocycles. The van der Waals surface area contributed by atoms with Crippen LogP contribution in [0.1, 0.15) is 6.92 Å². The highest BCUT2D eigenvalue weighted by Crippen LogP contribution is 2.19. The number of fused-ring (bicyclic) bond motifs is 1. The van der Waals surface area contributed by atoms with E-state index >= 15 is 0 Å². The van der Waals surface area contributed by atoms with Crippen molar-refractivity contribution in [1.82, 2.24) is 9.71 Å². The fourth-order valence-electron chi connectivity index (χ4n) is 1.86. The molecule has 1 N–H and O–H groups in total. The second-order valence-electron chi connectivity index (χ2n) is 4.47. The minimum absolute atomic E-state index is 0.192. The van der Waals surface area contributed by atoms with Gasteiger partial charge in [0.15, 0.2) is 0 Å². The molecule has 2 rings (SSSR count). The fraction of sp³-hybridized carbons (Fsp3) is 0.308. The van der Waals surface area contributed by atoms with Crippen molar-refractivity contribution in [3.8, 4) is 0 Å². The second-order valence-corrected chi connectivity index (χ2v) is 6.57. The quantitative estimate of drug-likeness (QED) is 0.859. The van der Waals surface area contributed by atoms with Gasteiger partial charge in [-0.05, 0) is 37.3 Å². The smallest absolute Gasteiger partial charge is 0.240 e. The maximum atomic E-state index is 12.2. The van der Waals surface area contributed by atoms with E-state index in [2.05, 4.69) is 9.71 Å². The molecule has 0 spiro atoms. The zero-order valence-corrected chi connectivity index (χ0v) is 12.7. The molecule has 0 radical (unpaired) electrons. The highest BCUT2D eigenvalue weighted by Gasteiger charge is 2.17. The first-order chi connectivity index (χ1) is 9.42. The van der Waals surface area contributed by atoms with Gasteiger partial charge in [0.05, 0.1) is 17.0 Å². The van der Waals surface area contributed by atoms with Crippen LogP contribution in [0.25, 0.3) is 10.9 Å². The third kappa shape index (κ3) is 3.46. The SMILES string of the molecule is COCC(C)NS(=O)(=O)c1ccc2nc(Cl)ccc2c1. The summed E-state index contributed by atoms with van der Waals surface area (Å²) < 4.78 is 31.9. The van der Waals surface area contributed by atoms with E-state index in [1.807, 2.05) is 0 Å². The Kier molecular flexibility index (Phi) is 4.59. The molecule has 20 heavy (non-hydrogen) atoms. The van der Waals surface area contributed by atoms with Gasteiger partial charge < -0.3 is 4.74 Å². The van der Waals surface area contributed by atoms with Crippen molar-refractivity contribution in [2.24, 2.45) is 0 Å². The van der Waals surface area contributed by atoms with Gasteiger partial charge in [0.2, 0.25) is 10.0 Å². The van der Waals surface area contributed by atoms with Crippen LogP contribution >= 0.6 is 11.6 Å². The number of ether oxygens (including phenoxy) is 1. The lowest BCUT2D eigenvalue weighted by molar-refractivity contribution is 0.180. The van der Waals surface area contributed by atoms with Crippen LogP contribution < -0.4 is 4.72 Å². The Balaban J connectivity index is 2.34. The maximum absolute atomic E-state index is 12.2. The first kappa shape index (κ1) is 15.2. The molecule has 1 unspecified atom stereocenters. The molecule has 1 aromatic carbocycles. The topological polar surface area (TPSA) is 68.3 Å². The minimum Gasteiger partial charge on any atom is -0.383 e. The van der Waals surface area contributed by atoms with Gasteiger partial charge in [-0.15, -0.1) is 0 Å². The number of rotatable bonds is 5. The second kappa shape index (κ2) is 6.05. The average Bonchev–Trinajstić information content (AvgIpc) is 2.37. The summed E-state index contributed by atoms with van der Waals surface area (Å²) in [5.74, 6) is 0. The van der Waals surface area contributed by atoms with Crippen LogP contribution in [0.3, 0.4) is 0 Å². The van der Waals surface area contributed by atoms with E-state index in [1.54, 1.807) is 31.2 Å². The number of nitrogens with zero attached hydrogens (tertiary/aromatic N) is 1. The number of benzene rings is 1. The lowest BCUT2D eigenvalue weighted by atomic mass is 10.2. The summed E-state index contributed by atoms with van der Waals surface area (Å²) in [6.45, 7) is 2.05. The molecule has 108 valence electrons. The number of nitrogens with one attached hydrogen (secondary N) is 1. The van der Waals surface area contributed by atoms with Crippen LogP contribution in [-0.4, -0.2) is 33.2 Å². The first-order valence-electron chi connectivity index (χ1n) is 6.00. The van der Waals surface area contributed by atoms with Crippen molar-refractivity contribution in [2.45, 2.75) is 17.9 Å². The standard InChI is InChI=1S/C13H15ClN2O3S/c1-9(8-19-2)16-20(17,18)11-4-5-12-10(7-11)3-6-13(14)15-12/h3-7,9,16H,8H2,1-2H3. The van der Waals surface area contributed by atoms with Crippen molar-refractivity contribution in [3.05, 3.63) is 35.5 Å². The van der Waals surface area contributed by atoms with E-state index in [0.717, 1.165) is 5.39 Å². The van der Waals surface area contributed by atoms with Crippen molar-refractivity contribution in [1.29, 1.82) is 0 Å². The molecule has 0 fully saturated rings. The van der Waals surface area contributed by atoms with Gasteiger partial charge in [0, 0.05) is 18.5 Å². The number of methoxy groups -OCH3 is 1. The molecule has 0 aliphatic rings. The van der Waals surface area contributed by atoms with E-state index < -0.39 is 10.0 Å². The Morgan fingerprint density at radius 3 is 2.80 bits per heavy atom. The normalized spacial score (nSPS) is 13.6. The van der Waals surface area contributed by atoms with Crippen LogP contribution in [0.5, 0.6) is 0 Å². The number of aromatic nitrogens is 1. The molecule has 0 saturated heterocycles. The summed E-state index contributed by atoms with van der Waals surface area (Å²) in [7, 11) is -2.05. The van der Waals surface area contributed by atoms with Crippen molar-refractivity contribution in [2.75, 3.05) is 13.7 Å². The van der Waals surface area contributed by atoms with Gasteiger partial charge in [0.1, 0.15) is 5.15 Å². The zero-order chi connectivity index (χ0) is 14.8. The lowest BCUT2D eigenvalue weighted by Gasteiger charge is -2.13. The van der Waals surface area contributed by atoms with E-state index in [1.165, 1.54) is 13.2 Å².